The molecule has 0 radical (unpaired) electrons. The van der Waals surface area contributed by atoms with Crippen LogP contribution in [-0.4, -0.2) is 27.2 Å². The second-order valence-electron chi connectivity index (χ2n) is 8.51. The number of allylic oxidation sites excluding steroid dienone is 3. The molecule has 2 aromatic heterocycles. The van der Waals surface area contributed by atoms with Gasteiger partial charge in [-0.05, 0) is 42.0 Å². The fraction of sp³-hybridized carbons (Fsp3) is 0.259. The van der Waals surface area contributed by atoms with Crippen molar-refractivity contribution >= 4 is 11.7 Å². The third-order valence-corrected chi connectivity index (χ3v) is 5.84. The van der Waals surface area contributed by atoms with Gasteiger partial charge < -0.3 is 10.6 Å². The molecule has 0 aliphatic heterocycles. The third-order valence-electron chi connectivity index (χ3n) is 5.84. The molecule has 7 nitrogen and oxygen atoms in total. The van der Waals surface area contributed by atoms with Crippen LogP contribution < -0.4 is 10.6 Å². The highest BCUT2D eigenvalue weighted by atomic mass is 16.2. The molecule has 34 heavy (non-hydrogen) atoms. The second kappa shape index (κ2) is 10.7. The maximum absolute atomic E-state index is 13.2. The molecule has 1 aliphatic carbocycles. The van der Waals surface area contributed by atoms with Crippen molar-refractivity contribution in [2.45, 2.75) is 25.8 Å². The first-order chi connectivity index (χ1) is 16.5. The van der Waals surface area contributed by atoms with Gasteiger partial charge in [-0.1, -0.05) is 49.4 Å². The molecule has 0 saturated heterocycles. The summed E-state index contributed by atoms with van der Waals surface area (Å²) in [5.74, 6) is 0.681. The van der Waals surface area contributed by atoms with Crippen LogP contribution in [0.15, 0.2) is 84.4 Å². The number of nitrogens with one attached hydrogen (secondary N) is 2. The SMILES string of the molecule is CC1C=C(C#N)C(CCNC(C(=O)Nc2ccc(-c3cnn(C)c3)cn2)c2ccccc2)=CC1. The van der Waals surface area contributed by atoms with E-state index in [9.17, 15) is 10.1 Å². The summed E-state index contributed by atoms with van der Waals surface area (Å²) in [6.07, 6.45) is 11.2. The zero-order chi connectivity index (χ0) is 23.9. The van der Waals surface area contributed by atoms with Gasteiger partial charge in [0.05, 0.1) is 17.8 Å². The van der Waals surface area contributed by atoms with Gasteiger partial charge in [-0.25, -0.2) is 4.98 Å². The fourth-order valence-corrected chi connectivity index (χ4v) is 4.01. The van der Waals surface area contributed by atoms with E-state index < -0.39 is 6.04 Å². The fourth-order valence-electron chi connectivity index (χ4n) is 4.01. The number of benzene rings is 1. The van der Waals surface area contributed by atoms with Crippen LogP contribution in [-0.2, 0) is 11.8 Å². The summed E-state index contributed by atoms with van der Waals surface area (Å²) in [5, 5.41) is 19.9. The topological polar surface area (TPSA) is 95.6 Å². The van der Waals surface area contributed by atoms with Gasteiger partial charge in [0, 0.05) is 37.1 Å². The number of pyridine rings is 1. The Bertz CT molecular complexity index is 1230. The molecule has 1 aliphatic rings. The zero-order valence-corrected chi connectivity index (χ0v) is 19.4. The Balaban J connectivity index is 1.43. The lowest BCUT2D eigenvalue weighted by atomic mass is 9.90. The Morgan fingerprint density at radius 2 is 2.03 bits per heavy atom. The predicted octanol–water partition coefficient (Wildman–Crippen LogP) is 4.56. The van der Waals surface area contributed by atoms with Gasteiger partial charge >= 0.3 is 0 Å². The molecule has 3 aromatic rings. The number of hydrogen-bond donors (Lipinski definition) is 2. The molecular weight excluding hydrogens is 424 g/mol. The Morgan fingerprint density at radius 3 is 2.71 bits per heavy atom. The number of aryl methyl sites for hydroxylation is 1. The van der Waals surface area contributed by atoms with Crippen LogP contribution in [0.2, 0.25) is 0 Å². The number of anilines is 1. The molecule has 2 N–H and O–H groups in total. The van der Waals surface area contributed by atoms with Gasteiger partial charge in [0.1, 0.15) is 11.9 Å². The number of aromatic nitrogens is 3. The Hall–Kier alpha value is -4.02. The van der Waals surface area contributed by atoms with Gasteiger partial charge in [0.15, 0.2) is 0 Å². The number of nitrogens with zero attached hydrogens (tertiary/aromatic N) is 4. The minimum absolute atomic E-state index is 0.185. The van der Waals surface area contributed by atoms with E-state index in [2.05, 4.69) is 39.8 Å². The van der Waals surface area contributed by atoms with Crippen molar-refractivity contribution in [2.75, 3.05) is 11.9 Å². The van der Waals surface area contributed by atoms with Crippen LogP contribution in [0.3, 0.4) is 0 Å². The van der Waals surface area contributed by atoms with E-state index in [-0.39, 0.29) is 5.91 Å². The number of hydrogen-bond acceptors (Lipinski definition) is 5. The quantitative estimate of drug-likeness (QED) is 0.522. The summed E-state index contributed by atoms with van der Waals surface area (Å²) in [6, 6.07) is 15.1. The number of rotatable bonds is 8. The summed E-state index contributed by atoms with van der Waals surface area (Å²) < 4.78 is 1.74. The molecular formula is C27H28N6O. The number of carbonyl (C=O) groups is 1. The van der Waals surface area contributed by atoms with Gasteiger partial charge in [-0.2, -0.15) is 10.4 Å². The lowest BCUT2D eigenvalue weighted by molar-refractivity contribution is -0.118. The largest absolute Gasteiger partial charge is 0.309 e. The molecule has 0 fully saturated rings. The van der Waals surface area contributed by atoms with Gasteiger partial charge in [0.25, 0.3) is 0 Å². The summed E-state index contributed by atoms with van der Waals surface area (Å²) in [5.41, 5.74) is 4.54. The lowest BCUT2D eigenvalue weighted by Gasteiger charge is -2.20. The molecule has 0 spiro atoms. The molecule has 1 aromatic carbocycles. The normalized spacial score (nSPS) is 16.2. The van der Waals surface area contributed by atoms with Gasteiger partial charge in [-0.3, -0.25) is 9.48 Å². The van der Waals surface area contributed by atoms with Crippen LogP contribution in [0.5, 0.6) is 0 Å². The first-order valence-corrected chi connectivity index (χ1v) is 11.4. The molecule has 2 unspecified atom stereocenters. The summed E-state index contributed by atoms with van der Waals surface area (Å²) in [4.78, 5) is 17.6. The van der Waals surface area contributed by atoms with E-state index in [0.717, 1.165) is 34.3 Å². The molecule has 2 atom stereocenters. The molecule has 0 bridgehead atoms. The van der Waals surface area contributed by atoms with Gasteiger partial charge in [-0.15, -0.1) is 0 Å². The van der Waals surface area contributed by atoms with Crippen molar-refractivity contribution in [3.8, 4) is 17.2 Å². The Labute approximate surface area is 199 Å². The highest BCUT2D eigenvalue weighted by Gasteiger charge is 2.21. The van der Waals surface area contributed by atoms with Crippen LogP contribution in [0.4, 0.5) is 5.82 Å². The van der Waals surface area contributed by atoms with E-state index in [1.807, 2.05) is 55.7 Å². The van der Waals surface area contributed by atoms with E-state index in [1.165, 1.54) is 0 Å². The Morgan fingerprint density at radius 1 is 1.21 bits per heavy atom. The minimum atomic E-state index is -0.543. The predicted molar refractivity (Wildman–Crippen MR) is 132 cm³/mol. The van der Waals surface area contributed by atoms with Crippen molar-refractivity contribution < 1.29 is 4.79 Å². The smallest absolute Gasteiger partial charge is 0.247 e. The summed E-state index contributed by atoms with van der Waals surface area (Å²) in [6.45, 7) is 2.68. The average molecular weight is 453 g/mol. The summed E-state index contributed by atoms with van der Waals surface area (Å²) >= 11 is 0. The monoisotopic (exact) mass is 452 g/mol. The maximum Gasteiger partial charge on any atom is 0.247 e. The molecule has 7 heteroatoms. The Kier molecular flexibility index (Phi) is 7.31. The maximum atomic E-state index is 13.2. The zero-order valence-electron chi connectivity index (χ0n) is 19.4. The number of carbonyl (C=O) groups excluding carboxylic acids is 1. The van der Waals surface area contributed by atoms with Crippen LogP contribution >= 0.6 is 0 Å². The van der Waals surface area contributed by atoms with E-state index in [0.29, 0.717) is 24.7 Å². The molecule has 1 amide bonds. The second-order valence-corrected chi connectivity index (χ2v) is 8.51. The van der Waals surface area contributed by atoms with E-state index in [4.69, 9.17) is 0 Å². The standard InChI is InChI=1S/C27H28N6O/c1-19-8-9-20(23(14-19)15-28)12-13-29-26(21-6-4-3-5-7-21)27(34)32-25-11-10-22(16-30-25)24-17-31-33(2)18-24/h3-7,9-11,14,16-19,26,29H,8,12-13H2,1-2H3,(H,30,32,34). The lowest BCUT2D eigenvalue weighted by Crippen LogP contribution is -2.34. The molecule has 172 valence electrons. The van der Waals surface area contributed by atoms with E-state index in [1.54, 1.807) is 23.1 Å². The molecule has 4 rings (SSSR count). The molecule has 0 saturated carbocycles. The van der Waals surface area contributed by atoms with Crippen molar-refractivity contribution in [1.29, 1.82) is 5.26 Å². The number of amides is 1. The highest BCUT2D eigenvalue weighted by Crippen LogP contribution is 2.25. The van der Waals surface area contributed by atoms with Crippen molar-refractivity contribution in [3.63, 3.8) is 0 Å². The summed E-state index contributed by atoms with van der Waals surface area (Å²) in [7, 11) is 1.87. The first kappa shape index (κ1) is 23.1. The molecule has 2 heterocycles. The van der Waals surface area contributed by atoms with Gasteiger partial charge in [0.2, 0.25) is 5.91 Å². The third kappa shape index (κ3) is 5.66. The van der Waals surface area contributed by atoms with Crippen molar-refractivity contribution in [2.24, 2.45) is 13.0 Å². The first-order valence-electron chi connectivity index (χ1n) is 11.4. The average Bonchev–Trinajstić information content (AvgIpc) is 3.29. The van der Waals surface area contributed by atoms with Crippen molar-refractivity contribution in [3.05, 3.63) is 89.9 Å². The van der Waals surface area contributed by atoms with Crippen LogP contribution in [0, 0.1) is 17.2 Å². The highest BCUT2D eigenvalue weighted by molar-refractivity contribution is 5.95. The van der Waals surface area contributed by atoms with Crippen LogP contribution in [0.25, 0.3) is 11.1 Å². The minimum Gasteiger partial charge on any atom is -0.309 e. The van der Waals surface area contributed by atoms with Crippen LogP contribution in [0.1, 0.15) is 31.4 Å². The van der Waals surface area contributed by atoms with E-state index >= 15 is 0 Å². The van der Waals surface area contributed by atoms with Crippen molar-refractivity contribution in [1.82, 2.24) is 20.1 Å². The number of nitriles is 1.